The maximum atomic E-state index is 12.3. The molecule has 4 heteroatoms. The van der Waals surface area contributed by atoms with E-state index in [1.165, 1.54) is 0 Å². The van der Waals surface area contributed by atoms with Gasteiger partial charge in [0.15, 0.2) is 11.6 Å². The van der Waals surface area contributed by atoms with Crippen molar-refractivity contribution in [2.75, 3.05) is 0 Å². The fraction of sp³-hybridized carbons (Fsp3) is 0.611. The summed E-state index contributed by atoms with van der Waals surface area (Å²) in [6.45, 7) is 5.88. The molecule has 1 N–H and O–H groups in total. The van der Waals surface area contributed by atoms with E-state index in [2.05, 4.69) is 0 Å². The fourth-order valence-electron chi connectivity index (χ4n) is 4.85. The van der Waals surface area contributed by atoms with Gasteiger partial charge < -0.3 is 5.11 Å². The Hall–Kier alpha value is -1.73. The smallest absolute Gasteiger partial charge is 0.176 e. The average molecular weight is 299 g/mol. The maximum Gasteiger partial charge on any atom is 0.176 e. The first kappa shape index (κ1) is 15.2. The molecule has 0 aromatic carbocycles. The molecule has 0 saturated heterocycles. The lowest BCUT2D eigenvalue weighted by Crippen LogP contribution is -2.53. The van der Waals surface area contributed by atoms with E-state index in [9.17, 15) is 20.0 Å². The van der Waals surface area contributed by atoms with Gasteiger partial charge in [0.2, 0.25) is 0 Å². The number of hydrogen-bond acceptors (Lipinski definition) is 4. The Morgan fingerprint density at radius 1 is 1.36 bits per heavy atom. The van der Waals surface area contributed by atoms with Crippen molar-refractivity contribution in [2.24, 2.45) is 22.7 Å². The Bertz CT molecular complexity index is 668. The van der Waals surface area contributed by atoms with E-state index < -0.39 is 16.9 Å². The molecule has 3 rings (SSSR count). The molecular formula is C18H21NO3. The number of allylic oxidation sites excluding steroid dienone is 3. The van der Waals surface area contributed by atoms with Gasteiger partial charge in [0.05, 0.1) is 11.7 Å². The first-order chi connectivity index (χ1) is 10.2. The molecule has 3 aliphatic carbocycles. The molecule has 0 heterocycles. The number of carbonyl (C=O) groups excluding carboxylic acids is 2. The number of aliphatic hydroxyl groups is 1. The van der Waals surface area contributed by atoms with E-state index in [1.54, 1.807) is 12.2 Å². The number of ketones is 2. The van der Waals surface area contributed by atoms with Crippen LogP contribution in [0, 0.1) is 34.0 Å². The predicted octanol–water partition coefficient (Wildman–Crippen LogP) is 2.34. The summed E-state index contributed by atoms with van der Waals surface area (Å²) in [5.74, 6) is -0.325. The highest BCUT2D eigenvalue weighted by Gasteiger charge is 2.57. The molecule has 116 valence electrons. The summed E-state index contributed by atoms with van der Waals surface area (Å²) >= 11 is 0. The van der Waals surface area contributed by atoms with Crippen LogP contribution in [0.4, 0.5) is 0 Å². The van der Waals surface area contributed by atoms with Crippen molar-refractivity contribution in [1.29, 1.82) is 5.26 Å². The lowest BCUT2D eigenvalue weighted by molar-refractivity contribution is -0.125. The van der Waals surface area contributed by atoms with Gasteiger partial charge in [0, 0.05) is 23.2 Å². The number of carbonyl (C=O) groups is 2. The van der Waals surface area contributed by atoms with E-state index in [4.69, 9.17) is 0 Å². The normalized spacial score (nSPS) is 44.4. The van der Waals surface area contributed by atoms with E-state index in [-0.39, 0.29) is 35.4 Å². The molecular weight excluding hydrogens is 278 g/mol. The molecule has 1 saturated carbocycles. The van der Waals surface area contributed by atoms with Gasteiger partial charge in [-0.1, -0.05) is 26.8 Å². The van der Waals surface area contributed by atoms with Crippen molar-refractivity contribution in [3.8, 4) is 6.07 Å². The van der Waals surface area contributed by atoms with Crippen molar-refractivity contribution in [3.05, 3.63) is 23.3 Å². The Labute approximate surface area is 130 Å². The second-order valence-corrected chi connectivity index (χ2v) is 7.41. The molecule has 1 fully saturated rings. The summed E-state index contributed by atoms with van der Waals surface area (Å²) in [5, 5.41) is 19.7. The first-order valence-corrected chi connectivity index (χ1v) is 7.85. The number of hydrogen-bond donors (Lipinski definition) is 1. The van der Waals surface area contributed by atoms with Crippen LogP contribution in [-0.4, -0.2) is 22.8 Å². The number of Topliss-reactive ketones (excluding diaryl/α,β-unsaturated/α-hetero) is 1. The van der Waals surface area contributed by atoms with Crippen LogP contribution in [0.2, 0.25) is 0 Å². The van der Waals surface area contributed by atoms with Crippen molar-refractivity contribution in [2.45, 2.75) is 46.1 Å². The molecule has 0 aromatic heterocycles. The zero-order chi connectivity index (χ0) is 16.3. The minimum Gasteiger partial charge on any atom is -0.392 e. The van der Waals surface area contributed by atoms with Crippen LogP contribution in [0.5, 0.6) is 0 Å². The highest BCUT2D eigenvalue weighted by molar-refractivity contribution is 6.02. The van der Waals surface area contributed by atoms with Gasteiger partial charge in [-0.05, 0) is 30.4 Å². The predicted molar refractivity (Wildman–Crippen MR) is 80.5 cm³/mol. The van der Waals surface area contributed by atoms with Crippen molar-refractivity contribution in [1.82, 2.24) is 0 Å². The van der Waals surface area contributed by atoms with Gasteiger partial charge in [-0.2, -0.15) is 5.26 Å². The summed E-state index contributed by atoms with van der Waals surface area (Å²) in [4.78, 5) is 24.3. The van der Waals surface area contributed by atoms with Gasteiger partial charge >= 0.3 is 0 Å². The third-order valence-electron chi connectivity index (χ3n) is 6.22. The lowest BCUT2D eigenvalue weighted by atomic mass is 9.47. The number of aliphatic hydroxyl groups excluding tert-OH is 1. The van der Waals surface area contributed by atoms with Gasteiger partial charge in [0.1, 0.15) is 6.07 Å². The molecule has 0 amide bonds. The standard InChI is InChI=1S/C18H21NO3/c1-10-13-4-5-17(2)14(6-12(20)7-15(17)21)18(13,3)8-11(9-19)16(10)22/h6,8,10,13,15,21H,4-5,7H2,1-3H3/t10-,13?,15-,17-,18+/m1/s1. The average Bonchev–Trinajstić information content (AvgIpc) is 2.46. The Morgan fingerprint density at radius 2 is 2.05 bits per heavy atom. The highest BCUT2D eigenvalue weighted by Crippen LogP contribution is 2.61. The quantitative estimate of drug-likeness (QED) is 0.744. The molecule has 5 atom stereocenters. The monoisotopic (exact) mass is 299 g/mol. The summed E-state index contributed by atoms with van der Waals surface area (Å²) in [6.07, 6.45) is 4.45. The molecule has 1 unspecified atom stereocenters. The van der Waals surface area contributed by atoms with Crippen LogP contribution >= 0.6 is 0 Å². The van der Waals surface area contributed by atoms with Gasteiger partial charge in [-0.3, -0.25) is 9.59 Å². The third kappa shape index (κ3) is 1.78. The molecule has 3 aliphatic rings. The fourth-order valence-corrected chi connectivity index (χ4v) is 4.85. The van der Waals surface area contributed by atoms with E-state index >= 15 is 0 Å². The Balaban J connectivity index is 2.22. The first-order valence-electron chi connectivity index (χ1n) is 7.85. The molecule has 0 spiro atoms. The molecule has 0 aliphatic heterocycles. The third-order valence-corrected chi connectivity index (χ3v) is 6.22. The van der Waals surface area contributed by atoms with Crippen molar-refractivity contribution in [3.63, 3.8) is 0 Å². The van der Waals surface area contributed by atoms with Gasteiger partial charge in [-0.25, -0.2) is 0 Å². The second-order valence-electron chi connectivity index (χ2n) is 7.41. The van der Waals surface area contributed by atoms with Gasteiger partial charge in [0.25, 0.3) is 0 Å². The topological polar surface area (TPSA) is 78.2 Å². The number of nitrogens with zero attached hydrogens (tertiary/aromatic N) is 1. The van der Waals surface area contributed by atoms with Crippen LogP contribution in [0.3, 0.4) is 0 Å². The van der Waals surface area contributed by atoms with Crippen LogP contribution < -0.4 is 0 Å². The summed E-state index contributed by atoms with van der Waals surface area (Å²) < 4.78 is 0. The SMILES string of the molecule is C[C@H]1C(=O)C(C#N)=C[C@]2(C)C3=CC(=O)C[C@@H](O)[C@]3(C)CCC12. The molecule has 0 radical (unpaired) electrons. The van der Waals surface area contributed by atoms with E-state index in [0.29, 0.717) is 0 Å². The Morgan fingerprint density at radius 3 is 2.68 bits per heavy atom. The molecule has 22 heavy (non-hydrogen) atoms. The van der Waals surface area contributed by atoms with Gasteiger partial charge in [-0.15, -0.1) is 0 Å². The van der Waals surface area contributed by atoms with Crippen LogP contribution in [0.25, 0.3) is 0 Å². The van der Waals surface area contributed by atoms with E-state index in [1.807, 2.05) is 26.8 Å². The lowest BCUT2D eigenvalue weighted by Gasteiger charge is -2.56. The summed E-state index contributed by atoms with van der Waals surface area (Å²) in [7, 11) is 0. The van der Waals surface area contributed by atoms with Crippen LogP contribution in [0.15, 0.2) is 23.3 Å². The maximum absolute atomic E-state index is 12.3. The Kier molecular flexibility index (Phi) is 3.19. The van der Waals surface area contributed by atoms with Crippen LogP contribution in [-0.2, 0) is 9.59 Å². The van der Waals surface area contributed by atoms with Crippen LogP contribution in [0.1, 0.15) is 40.0 Å². The molecule has 0 bridgehead atoms. The minimum atomic E-state index is -0.690. The molecule has 0 aromatic rings. The zero-order valence-electron chi connectivity index (χ0n) is 13.2. The second kappa shape index (κ2) is 4.63. The number of fused-ring (bicyclic) bond motifs is 3. The summed E-state index contributed by atoms with van der Waals surface area (Å²) in [6, 6.07) is 2.01. The number of rotatable bonds is 0. The largest absolute Gasteiger partial charge is 0.392 e. The minimum absolute atomic E-state index is 0.0710. The molecule has 4 nitrogen and oxygen atoms in total. The van der Waals surface area contributed by atoms with E-state index in [0.717, 1.165) is 18.4 Å². The zero-order valence-corrected chi connectivity index (χ0v) is 13.2. The summed E-state index contributed by atoms with van der Waals surface area (Å²) in [5.41, 5.74) is 0.120. The number of nitriles is 1. The van der Waals surface area contributed by atoms with Crippen molar-refractivity contribution < 1.29 is 14.7 Å². The highest BCUT2D eigenvalue weighted by atomic mass is 16.3. The van der Waals surface area contributed by atoms with Crippen molar-refractivity contribution >= 4 is 11.6 Å².